The molecule has 0 saturated heterocycles. The van der Waals surface area contributed by atoms with Gasteiger partial charge in [0.2, 0.25) is 0 Å². The molecule has 0 fully saturated rings. The molecule has 3 rings (SSSR count). The Labute approximate surface area is 110 Å². The standard InChI is InChI=1S/C14H14N2O3/c1-16-6-10-13(11(17)7-16)12-8(14(18)19-2)4-3-5-9(12)15-10/h3-5,15H,6-7H2,1-2H3. The lowest BCUT2D eigenvalue weighted by atomic mass is 9.99. The van der Waals surface area contributed by atoms with E-state index in [1.165, 1.54) is 7.11 Å². The topological polar surface area (TPSA) is 62.4 Å². The maximum absolute atomic E-state index is 12.2. The minimum absolute atomic E-state index is 0.0337. The average molecular weight is 258 g/mol. The van der Waals surface area contributed by atoms with Crippen LogP contribution in [0.5, 0.6) is 0 Å². The highest BCUT2D eigenvalue weighted by atomic mass is 16.5. The first kappa shape index (κ1) is 11.9. The van der Waals surface area contributed by atoms with Gasteiger partial charge in [0, 0.05) is 28.7 Å². The van der Waals surface area contributed by atoms with Crippen molar-refractivity contribution in [3.05, 3.63) is 35.0 Å². The number of likely N-dealkylation sites (N-methyl/N-ethyl adjacent to an activating group) is 1. The minimum Gasteiger partial charge on any atom is -0.465 e. The number of nitrogens with one attached hydrogen (secondary N) is 1. The van der Waals surface area contributed by atoms with Crippen LogP contribution in [-0.2, 0) is 11.3 Å². The Hall–Kier alpha value is -2.14. The lowest BCUT2D eigenvalue weighted by Gasteiger charge is -2.21. The zero-order valence-corrected chi connectivity index (χ0v) is 10.8. The summed E-state index contributed by atoms with van der Waals surface area (Å²) in [7, 11) is 3.24. The summed E-state index contributed by atoms with van der Waals surface area (Å²) in [4.78, 5) is 29.2. The Bertz CT molecular complexity index is 687. The quantitative estimate of drug-likeness (QED) is 0.789. The Kier molecular flexibility index (Phi) is 2.64. The fourth-order valence-corrected chi connectivity index (χ4v) is 2.66. The predicted molar refractivity (Wildman–Crippen MR) is 70.3 cm³/mol. The predicted octanol–water partition coefficient (Wildman–Crippen LogP) is 1.58. The molecule has 0 aliphatic carbocycles. The summed E-state index contributed by atoms with van der Waals surface area (Å²) in [6, 6.07) is 5.34. The normalized spacial score (nSPS) is 15.6. The van der Waals surface area contributed by atoms with Gasteiger partial charge in [-0.3, -0.25) is 9.69 Å². The molecule has 0 amide bonds. The Morgan fingerprint density at radius 1 is 1.37 bits per heavy atom. The summed E-state index contributed by atoms with van der Waals surface area (Å²) < 4.78 is 4.79. The number of benzene rings is 1. The first-order valence-corrected chi connectivity index (χ1v) is 6.05. The number of methoxy groups -OCH3 is 1. The Balaban J connectivity index is 2.32. The van der Waals surface area contributed by atoms with Crippen molar-refractivity contribution in [1.82, 2.24) is 9.88 Å². The fraction of sp³-hybridized carbons (Fsp3) is 0.286. The highest BCUT2D eigenvalue weighted by molar-refractivity contribution is 6.16. The van der Waals surface area contributed by atoms with Crippen molar-refractivity contribution in [3.63, 3.8) is 0 Å². The number of hydrogen-bond donors (Lipinski definition) is 1. The zero-order chi connectivity index (χ0) is 13.6. The van der Waals surface area contributed by atoms with E-state index in [0.29, 0.717) is 29.6 Å². The molecule has 5 heteroatoms. The summed E-state index contributed by atoms with van der Waals surface area (Å²) in [5.74, 6) is -0.384. The van der Waals surface area contributed by atoms with Gasteiger partial charge in [-0.15, -0.1) is 0 Å². The second kappa shape index (κ2) is 4.20. The van der Waals surface area contributed by atoms with Gasteiger partial charge < -0.3 is 9.72 Å². The van der Waals surface area contributed by atoms with Crippen LogP contribution in [0.3, 0.4) is 0 Å². The van der Waals surface area contributed by atoms with Gasteiger partial charge in [0.1, 0.15) is 0 Å². The molecular formula is C14H14N2O3. The molecule has 0 atom stereocenters. The van der Waals surface area contributed by atoms with Crippen molar-refractivity contribution < 1.29 is 14.3 Å². The number of carbonyl (C=O) groups excluding carboxylic acids is 2. The molecular weight excluding hydrogens is 244 g/mol. The van der Waals surface area contributed by atoms with Crippen molar-refractivity contribution in [1.29, 1.82) is 0 Å². The number of H-pyrrole nitrogens is 1. The Morgan fingerprint density at radius 3 is 2.89 bits per heavy atom. The number of carbonyl (C=O) groups is 2. The van der Waals surface area contributed by atoms with Crippen molar-refractivity contribution in [3.8, 4) is 0 Å². The van der Waals surface area contributed by atoms with E-state index in [0.717, 1.165) is 11.2 Å². The van der Waals surface area contributed by atoms with Gasteiger partial charge in [-0.2, -0.15) is 0 Å². The number of ketones is 1. The van der Waals surface area contributed by atoms with Crippen LogP contribution in [0, 0.1) is 0 Å². The molecule has 19 heavy (non-hydrogen) atoms. The van der Waals surface area contributed by atoms with Gasteiger partial charge in [0.15, 0.2) is 5.78 Å². The van der Waals surface area contributed by atoms with E-state index >= 15 is 0 Å². The number of rotatable bonds is 1. The van der Waals surface area contributed by atoms with Crippen molar-refractivity contribution in [2.75, 3.05) is 20.7 Å². The third-order valence-corrected chi connectivity index (χ3v) is 3.43. The van der Waals surface area contributed by atoms with E-state index in [9.17, 15) is 9.59 Å². The molecule has 98 valence electrons. The molecule has 1 aliphatic rings. The van der Waals surface area contributed by atoms with Gasteiger partial charge in [-0.05, 0) is 19.2 Å². The largest absolute Gasteiger partial charge is 0.465 e. The van der Waals surface area contributed by atoms with Crippen molar-refractivity contribution in [2.24, 2.45) is 0 Å². The lowest BCUT2D eigenvalue weighted by Crippen LogP contribution is -2.31. The van der Waals surface area contributed by atoms with Crippen LogP contribution in [-0.4, -0.2) is 42.3 Å². The first-order chi connectivity index (χ1) is 9.11. The maximum atomic E-state index is 12.2. The number of nitrogens with zero attached hydrogens (tertiary/aromatic N) is 1. The van der Waals surface area contributed by atoms with Crippen molar-refractivity contribution in [2.45, 2.75) is 6.54 Å². The highest BCUT2D eigenvalue weighted by Crippen LogP contribution is 2.30. The number of fused-ring (bicyclic) bond motifs is 3. The van der Waals surface area contributed by atoms with Gasteiger partial charge in [-0.25, -0.2) is 4.79 Å². The molecule has 0 saturated carbocycles. The SMILES string of the molecule is COC(=O)c1cccc2[nH]c3c(c12)C(=O)CN(C)C3. The molecule has 0 bridgehead atoms. The fourth-order valence-electron chi connectivity index (χ4n) is 2.66. The zero-order valence-electron chi connectivity index (χ0n) is 10.8. The summed E-state index contributed by atoms with van der Waals surface area (Å²) in [6.07, 6.45) is 0. The van der Waals surface area contributed by atoms with E-state index in [2.05, 4.69) is 4.98 Å². The van der Waals surface area contributed by atoms with E-state index < -0.39 is 5.97 Å². The number of aromatic amines is 1. The van der Waals surface area contributed by atoms with Crippen LogP contribution < -0.4 is 0 Å². The number of aromatic nitrogens is 1. The van der Waals surface area contributed by atoms with Gasteiger partial charge in [-0.1, -0.05) is 6.07 Å². The second-order valence-electron chi connectivity index (χ2n) is 4.79. The summed E-state index contributed by atoms with van der Waals surface area (Å²) in [5.41, 5.74) is 2.74. The van der Waals surface area contributed by atoms with Crippen LogP contribution in [0.2, 0.25) is 0 Å². The molecule has 2 heterocycles. The molecule has 1 aromatic heterocycles. The number of Topliss-reactive ketones (excluding diaryl/α,β-unsaturated/α-hetero) is 1. The van der Waals surface area contributed by atoms with Gasteiger partial charge >= 0.3 is 5.97 Å². The summed E-state index contributed by atoms with van der Waals surface area (Å²) in [6.45, 7) is 1.05. The molecule has 1 N–H and O–H groups in total. The molecule has 2 aromatic rings. The van der Waals surface area contributed by atoms with Crippen LogP contribution in [0.4, 0.5) is 0 Å². The molecule has 1 aromatic carbocycles. The molecule has 0 unspecified atom stereocenters. The van der Waals surface area contributed by atoms with Gasteiger partial charge in [0.25, 0.3) is 0 Å². The van der Waals surface area contributed by atoms with Crippen LogP contribution in [0.25, 0.3) is 10.9 Å². The molecule has 5 nitrogen and oxygen atoms in total. The smallest absolute Gasteiger partial charge is 0.338 e. The van der Waals surface area contributed by atoms with E-state index in [1.54, 1.807) is 12.1 Å². The van der Waals surface area contributed by atoms with E-state index in [1.807, 2.05) is 18.0 Å². The van der Waals surface area contributed by atoms with Crippen LogP contribution >= 0.6 is 0 Å². The second-order valence-corrected chi connectivity index (χ2v) is 4.79. The molecule has 0 radical (unpaired) electrons. The first-order valence-electron chi connectivity index (χ1n) is 6.05. The summed E-state index contributed by atoms with van der Waals surface area (Å²) >= 11 is 0. The molecule has 0 spiro atoms. The van der Waals surface area contributed by atoms with E-state index in [-0.39, 0.29) is 5.78 Å². The third kappa shape index (κ3) is 1.74. The highest BCUT2D eigenvalue weighted by Gasteiger charge is 2.27. The Morgan fingerprint density at radius 2 is 2.16 bits per heavy atom. The maximum Gasteiger partial charge on any atom is 0.338 e. The van der Waals surface area contributed by atoms with Crippen LogP contribution in [0.1, 0.15) is 26.4 Å². The van der Waals surface area contributed by atoms with Gasteiger partial charge in [0.05, 0.1) is 19.2 Å². The summed E-state index contributed by atoms with van der Waals surface area (Å²) in [5, 5.41) is 0.683. The van der Waals surface area contributed by atoms with E-state index in [4.69, 9.17) is 4.74 Å². The third-order valence-electron chi connectivity index (χ3n) is 3.43. The number of hydrogen-bond acceptors (Lipinski definition) is 4. The molecule has 1 aliphatic heterocycles. The minimum atomic E-state index is -0.417. The monoisotopic (exact) mass is 258 g/mol. The lowest BCUT2D eigenvalue weighted by molar-refractivity contribution is 0.0603. The number of ether oxygens (including phenoxy) is 1. The van der Waals surface area contributed by atoms with Crippen molar-refractivity contribution >= 4 is 22.7 Å². The number of esters is 1. The average Bonchev–Trinajstić information content (AvgIpc) is 2.75. The van der Waals surface area contributed by atoms with Crippen LogP contribution in [0.15, 0.2) is 18.2 Å².